The van der Waals surface area contributed by atoms with Crippen LogP contribution in [-0.2, 0) is 0 Å². The second-order valence-corrected chi connectivity index (χ2v) is 6.67. The third-order valence-corrected chi connectivity index (χ3v) is 5.20. The van der Waals surface area contributed by atoms with E-state index in [1.54, 1.807) is 5.57 Å². The fourth-order valence-electron chi connectivity index (χ4n) is 3.25. The van der Waals surface area contributed by atoms with Gasteiger partial charge in [-0.2, -0.15) is 0 Å². The molecule has 1 aliphatic carbocycles. The van der Waals surface area contributed by atoms with Crippen molar-refractivity contribution in [3.05, 3.63) is 11.6 Å². The Kier molecular flexibility index (Phi) is 7.04. The highest BCUT2D eigenvalue weighted by atomic mass is 14.3. The van der Waals surface area contributed by atoms with Crippen LogP contribution in [0.3, 0.4) is 0 Å². The molecule has 0 heterocycles. The van der Waals surface area contributed by atoms with Crippen LogP contribution >= 0.6 is 0 Å². The van der Waals surface area contributed by atoms with Gasteiger partial charge in [0.1, 0.15) is 0 Å². The Morgan fingerprint density at radius 3 is 2.39 bits per heavy atom. The zero-order chi connectivity index (χ0) is 13.4. The quantitative estimate of drug-likeness (QED) is 0.431. The van der Waals surface area contributed by atoms with Crippen molar-refractivity contribution in [2.75, 3.05) is 0 Å². The van der Waals surface area contributed by atoms with Crippen molar-refractivity contribution < 1.29 is 0 Å². The van der Waals surface area contributed by atoms with Gasteiger partial charge in [-0.1, -0.05) is 58.6 Å². The molecule has 1 unspecified atom stereocenters. The van der Waals surface area contributed by atoms with Crippen LogP contribution in [0.5, 0.6) is 0 Å². The minimum Gasteiger partial charge on any atom is -0.0853 e. The van der Waals surface area contributed by atoms with Gasteiger partial charge in [0.25, 0.3) is 0 Å². The minimum atomic E-state index is 0.561. The lowest BCUT2D eigenvalue weighted by Gasteiger charge is -2.32. The summed E-state index contributed by atoms with van der Waals surface area (Å²) in [6.45, 7) is 9.60. The summed E-state index contributed by atoms with van der Waals surface area (Å²) in [5.41, 5.74) is 2.32. The maximum absolute atomic E-state index is 2.54. The molecule has 0 saturated carbocycles. The van der Waals surface area contributed by atoms with Crippen LogP contribution < -0.4 is 0 Å². The van der Waals surface area contributed by atoms with Crippen LogP contribution in [-0.4, -0.2) is 0 Å². The first-order valence-electron chi connectivity index (χ1n) is 8.31. The standard InChI is InChI=1S/C18H34/c1-5-16(6-2)13-14-18(4,7-3)15-17-11-9-8-10-12-17/h11,16H,5-10,12-15H2,1-4H3. The van der Waals surface area contributed by atoms with Gasteiger partial charge in [-0.15, -0.1) is 0 Å². The highest BCUT2D eigenvalue weighted by Crippen LogP contribution is 2.38. The Hall–Kier alpha value is -0.260. The molecule has 1 rings (SSSR count). The van der Waals surface area contributed by atoms with E-state index in [-0.39, 0.29) is 0 Å². The molecule has 0 aromatic carbocycles. The smallest absolute Gasteiger partial charge is 0.0266 e. The number of hydrogen-bond acceptors (Lipinski definition) is 0. The summed E-state index contributed by atoms with van der Waals surface area (Å²) in [6, 6.07) is 0. The Balaban J connectivity index is 2.47. The first-order valence-corrected chi connectivity index (χ1v) is 8.31. The fourth-order valence-corrected chi connectivity index (χ4v) is 3.25. The third kappa shape index (κ3) is 5.16. The topological polar surface area (TPSA) is 0 Å². The molecule has 0 bridgehead atoms. The normalized spacial score (nSPS) is 19.7. The van der Waals surface area contributed by atoms with Crippen LogP contribution in [0.1, 0.15) is 91.9 Å². The third-order valence-electron chi connectivity index (χ3n) is 5.20. The van der Waals surface area contributed by atoms with Crippen LogP contribution in [0.2, 0.25) is 0 Å². The largest absolute Gasteiger partial charge is 0.0853 e. The molecule has 18 heavy (non-hydrogen) atoms. The van der Waals surface area contributed by atoms with Crippen LogP contribution in [0, 0.1) is 11.3 Å². The number of allylic oxidation sites excluding steroid dienone is 2. The van der Waals surface area contributed by atoms with Crippen LogP contribution in [0.4, 0.5) is 0 Å². The monoisotopic (exact) mass is 250 g/mol. The fraction of sp³-hybridized carbons (Fsp3) is 0.889. The Labute approximate surface area is 115 Å². The van der Waals surface area contributed by atoms with E-state index in [4.69, 9.17) is 0 Å². The maximum atomic E-state index is 2.54. The molecule has 106 valence electrons. The average Bonchev–Trinajstić information content (AvgIpc) is 2.41. The molecular weight excluding hydrogens is 216 g/mol. The van der Waals surface area contributed by atoms with E-state index >= 15 is 0 Å². The molecule has 1 aliphatic rings. The van der Waals surface area contributed by atoms with E-state index in [2.05, 4.69) is 33.8 Å². The van der Waals surface area contributed by atoms with Crippen molar-refractivity contribution in [2.45, 2.75) is 91.9 Å². The van der Waals surface area contributed by atoms with Gasteiger partial charge in [-0.25, -0.2) is 0 Å². The van der Waals surface area contributed by atoms with Crippen molar-refractivity contribution >= 4 is 0 Å². The van der Waals surface area contributed by atoms with E-state index in [9.17, 15) is 0 Å². The second kappa shape index (κ2) is 8.02. The molecule has 0 N–H and O–H groups in total. The predicted molar refractivity (Wildman–Crippen MR) is 82.9 cm³/mol. The van der Waals surface area contributed by atoms with E-state index in [0.717, 1.165) is 5.92 Å². The zero-order valence-electron chi connectivity index (χ0n) is 13.2. The summed E-state index contributed by atoms with van der Waals surface area (Å²) in [5.74, 6) is 0.955. The highest BCUT2D eigenvalue weighted by Gasteiger charge is 2.24. The average molecular weight is 250 g/mol. The number of rotatable bonds is 8. The van der Waals surface area contributed by atoms with Crippen LogP contribution in [0.25, 0.3) is 0 Å². The van der Waals surface area contributed by atoms with Gasteiger partial charge in [0.05, 0.1) is 0 Å². The van der Waals surface area contributed by atoms with Crippen molar-refractivity contribution in [3.8, 4) is 0 Å². The van der Waals surface area contributed by atoms with Crippen LogP contribution in [0.15, 0.2) is 11.6 Å². The molecule has 0 aromatic heterocycles. The lowest BCUT2D eigenvalue weighted by molar-refractivity contribution is 0.243. The molecule has 0 nitrogen and oxygen atoms in total. The van der Waals surface area contributed by atoms with Crippen molar-refractivity contribution in [1.29, 1.82) is 0 Å². The highest BCUT2D eigenvalue weighted by molar-refractivity contribution is 5.07. The van der Waals surface area contributed by atoms with Crippen molar-refractivity contribution in [3.63, 3.8) is 0 Å². The Morgan fingerprint density at radius 1 is 1.17 bits per heavy atom. The van der Waals surface area contributed by atoms with Crippen molar-refractivity contribution in [1.82, 2.24) is 0 Å². The summed E-state index contributed by atoms with van der Waals surface area (Å²) < 4.78 is 0. The molecule has 0 amide bonds. The van der Waals surface area contributed by atoms with E-state index in [1.807, 2.05) is 0 Å². The molecule has 0 heteroatoms. The molecule has 0 saturated heterocycles. The molecule has 0 aliphatic heterocycles. The van der Waals surface area contributed by atoms with Gasteiger partial charge in [-0.05, 0) is 56.3 Å². The molecule has 0 aromatic rings. The molecule has 0 spiro atoms. The van der Waals surface area contributed by atoms with Gasteiger partial charge in [0.15, 0.2) is 0 Å². The second-order valence-electron chi connectivity index (χ2n) is 6.67. The number of hydrogen-bond donors (Lipinski definition) is 0. The zero-order valence-corrected chi connectivity index (χ0v) is 13.2. The molecular formula is C18H34. The summed E-state index contributed by atoms with van der Waals surface area (Å²) >= 11 is 0. The van der Waals surface area contributed by atoms with E-state index in [0.29, 0.717) is 5.41 Å². The van der Waals surface area contributed by atoms with Gasteiger partial charge in [0.2, 0.25) is 0 Å². The first kappa shape index (κ1) is 15.8. The minimum absolute atomic E-state index is 0.561. The molecule has 1 atom stereocenters. The lowest BCUT2D eigenvalue weighted by Crippen LogP contribution is -2.18. The summed E-state index contributed by atoms with van der Waals surface area (Å²) in [5, 5.41) is 0. The van der Waals surface area contributed by atoms with E-state index in [1.165, 1.54) is 64.2 Å². The molecule has 0 radical (unpaired) electrons. The first-order chi connectivity index (χ1) is 8.63. The lowest BCUT2D eigenvalue weighted by atomic mass is 9.74. The molecule has 0 fully saturated rings. The predicted octanol–water partition coefficient (Wildman–Crippen LogP) is 6.51. The summed E-state index contributed by atoms with van der Waals surface area (Å²) in [6.07, 6.45) is 16.4. The SMILES string of the molecule is CCC(CC)CCC(C)(CC)CC1=CCCCC1. The van der Waals surface area contributed by atoms with Gasteiger partial charge in [-0.3, -0.25) is 0 Å². The van der Waals surface area contributed by atoms with Gasteiger partial charge in [0, 0.05) is 0 Å². The summed E-state index contributed by atoms with van der Waals surface area (Å²) in [4.78, 5) is 0. The van der Waals surface area contributed by atoms with E-state index < -0.39 is 0 Å². The Morgan fingerprint density at radius 2 is 1.89 bits per heavy atom. The summed E-state index contributed by atoms with van der Waals surface area (Å²) in [7, 11) is 0. The Bertz CT molecular complexity index is 247. The van der Waals surface area contributed by atoms with Crippen molar-refractivity contribution in [2.24, 2.45) is 11.3 Å². The van der Waals surface area contributed by atoms with Gasteiger partial charge < -0.3 is 0 Å². The van der Waals surface area contributed by atoms with Gasteiger partial charge >= 0.3 is 0 Å². The maximum Gasteiger partial charge on any atom is -0.0266 e.